The highest BCUT2D eigenvalue weighted by atomic mass is 35.5. The summed E-state index contributed by atoms with van der Waals surface area (Å²) in [5.74, 6) is 0.517. The molecule has 3 N–H and O–H groups in total. The summed E-state index contributed by atoms with van der Waals surface area (Å²) in [6.45, 7) is 4.25. The zero-order chi connectivity index (χ0) is 15.9. The van der Waals surface area contributed by atoms with Crippen LogP contribution in [0, 0.1) is 6.92 Å². The summed E-state index contributed by atoms with van der Waals surface area (Å²) in [5, 5.41) is 14.4. The van der Waals surface area contributed by atoms with E-state index in [-0.39, 0.29) is 24.4 Å². The Kier molecular flexibility index (Phi) is 7.64. The molecular formula is C15H23ClN6O. The summed E-state index contributed by atoms with van der Waals surface area (Å²) in [6.07, 6.45) is 1.27. The number of tetrazole rings is 1. The Hall–Kier alpha value is -1.99. The van der Waals surface area contributed by atoms with E-state index in [2.05, 4.69) is 20.8 Å². The molecule has 0 aliphatic heterocycles. The zero-order valence-electron chi connectivity index (χ0n) is 13.3. The molecule has 2 rings (SSSR count). The minimum absolute atomic E-state index is 0. The molecule has 0 saturated carbocycles. The molecule has 0 fully saturated rings. The van der Waals surface area contributed by atoms with Gasteiger partial charge in [0, 0.05) is 19.0 Å². The molecule has 1 aromatic carbocycles. The van der Waals surface area contributed by atoms with Gasteiger partial charge in [0.2, 0.25) is 5.91 Å². The van der Waals surface area contributed by atoms with Crippen molar-refractivity contribution in [1.82, 2.24) is 25.5 Å². The van der Waals surface area contributed by atoms with Gasteiger partial charge in [-0.05, 0) is 36.3 Å². The first-order valence-electron chi connectivity index (χ1n) is 7.39. The number of nitrogens with zero attached hydrogens (tertiary/aromatic N) is 4. The lowest BCUT2D eigenvalue weighted by Gasteiger charge is -2.18. The van der Waals surface area contributed by atoms with Gasteiger partial charge in [-0.25, -0.2) is 4.68 Å². The van der Waals surface area contributed by atoms with Crippen molar-refractivity contribution >= 4 is 18.3 Å². The number of hydrogen-bond donors (Lipinski definition) is 2. The number of halogens is 1. The van der Waals surface area contributed by atoms with E-state index in [0.717, 1.165) is 12.0 Å². The lowest BCUT2D eigenvalue weighted by molar-refractivity contribution is -0.124. The molecule has 2 atom stereocenters. The van der Waals surface area contributed by atoms with E-state index >= 15 is 0 Å². The Morgan fingerprint density at radius 2 is 2.04 bits per heavy atom. The SMILES string of the molecule is Cc1nnnn1C(Cc1ccccc1)C(=O)NCCC(C)N.Cl. The van der Waals surface area contributed by atoms with E-state index in [1.165, 1.54) is 0 Å². The fraction of sp³-hybridized carbons (Fsp3) is 0.467. The fourth-order valence-corrected chi connectivity index (χ4v) is 2.19. The van der Waals surface area contributed by atoms with Crippen LogP contribution in [0.3, 0.4) is 0 Å². The summed E-state index contributed by atoms with van der Waals surface area (Å²) in [7, 11) is 0. The predicted molar refractivity (Wildman–Crippen MR) is 90.3 cm³/mol. The third-order valence-electron chi connectivity index (χ3n) is 3.43. The molecule has 0 spiro atoms. The van der Waals surface area contributed by atoms with E-state index in [1.807, 2.05) is 37.3 Å². The Balaban J connectivity index is 0.00000264. The molecule has 23 heavy (non-hydrogen) atoms. The third kappa shape index (κ3) is 5.61. The van der Waals surface area contributed by atoms with Crippen LogP contribution in [0.1, 0.15) is 30.8 Å². The number of hydrogen-bond acceptors (Lipinski definition) is 5. The van der Waals surface area contributed by atoms with Gasteiger partial charge in [-0.15, -0.1) is 17.5 Å². The molecule has 2 unspecified atom stereocenters. The lowest BCUT2D eigenvalue weighted by Crippen LogP contribution is -2.37. The van der Waals surface area contributed by atoms with Gasteiger partial charge >= 0.3 is 0 Å². The van der Waals surface area contributed by atoms with E-state index < -0.39 is 6.04 Å². The number of nitrogens with one attached hydrogen (secondary N) is 1. The van der Waals surface area contributed by atoms with Crippen molar-refractivity contribution in [3.8, 4) is 0 Å². The summed E-state index contributed by atoms with van der Waals surface area (Å²) < 4.78 is 1.56. The first-order chi connectivity index (χ1) is 10.6. The number of aryl methyl sites for hydroxylation is 1. The van der Waals surface area contributed by atoms with Gasteiger partial charge in [0.15, 0.2) is 0 Å². The van der Waals surface area contributed by atoms with Gasteiger partial charge in [-0.2, -0.15) is 0 Å². The molecule has 8 heteroatoms. The average Bonchev–Trinajstić information content (AvgIpc) is 2.91. The maximum Gasteiger partial charge on any atom is 0.245 e. The van der Waals surface area contributed by atoms with Gasteiger partial charge < -0.3 is 11.1 Å². The van der Waals surface area contributed by atoms with Crippen LogP contribution < -0.4 is 11.1 Å². The fourth-order valence-electron chi connectivity index (χ4n) is 2.19. The number of carbonyl (C=O) groups is 1. The van der Waals surface area contributed by atoms with Crippen molar-refractivity contribution in [2.75, 3.05) is 6.54 Å². The minimum atomic E-state index is -0.467. The minimum Gasteiger partial charge on any atom is -0.354 e. The molecule has 0 aliphatic carbocycles. The van der Waals surface area contributed by atoms with Gasteiger partial charge in [-0.3, -0.25) is 4.79 Å². The molecule has 126 valence electrons. The molecule has 0 aliphatic rings. The molecule has 7 nitrogen and oxygen atoms in total. The van der Waals surface area contributed by atoms with Gasteiger partial charge in [0.1, 0.15) is 11.9 Å². The van der Waals surface area contributed by atoms with Crippen LogP contribution in [0.25, 0.3) is 0 Å². The van der Waals surface area contributed by atoms with Crippen LogP contribution in [0.4, 0.5) is 0 Å². The highest BCUT2D eigenvalue weighted by Gasteiger charge is 2.23. The van der Waals surface area contributed by atoms with Crippen molar-refractivity contribution < 1.29 is 4.79 Å². The van der Waals surface area contributed by atoms with Crippen LogP contribution >= 0.6 is 12.4 Å². The number of carbonyl (C=O) groups excluding carboxylic acids is 1. The quantitative estimate of drug-likeness (QED) is 0.786. The molecule has 1 amide bonds. The lowest BCUT2D eigenvalue weighted by atomic mass is 10.1. The van der Waals surface area contributed by atoms with Crippen molar-refractivity contribution in [3.63, 3.8) is 0 Å². The van der Waals surface area contributed by atoms with Crippen LogP contribution in [0.2, 0.25) is 0 Å². The van der Waals surface area contributed by atoms with E-state index in [4.69, 9.17) is 5.73 Å². The second-order valence-corrected chi connectivity index (χ2v) is 5.43. The van der Waals surface area contributed by atoms with E-state index in [0.29, 0.717) is 18.8 Å². The number of nitrogens with two attached hydrogens (primary N) is 1. The highest BCUT2D eigenvalue weighted by molar-refractivity contribution is 5.85. The van der Waals surface area contributed by atoms with Gasteiger partial charge in [0.05, 0.1) is 0 Å². The Bertz CT molecular complexity index is 601. The van der Waals surface area contributed by atoms with Crippen LogP contribution in [-0.4, -0.2) is 38.7 Å². The Labute approximate surface area is 142 Å². The maximum atomic E-state index is 12.5. The van der Waals surface area contributed by atoms with Crippen LogP contribution in [-0.2, 0) is 11.2 Å². The van der Waals surface area contributed by atoms with Crippen molar-refractivity contribution in [2.24, 2.45) is 5.73 Å². The molecular weight excluding hydrogens is 316 g/mol. The molecule has 0 bridgehead atoms. The zero-order valence-corrected chi connectivity index (χ0v) is 14.2. The van der Waals surface area contributed by atoms with Gasteiger partial charge in [-0.1, -0.05) is 30.3 Å². The molecule has 0 saturated heterocycles. The molecule has 0 radical (unpaired) electrons. The normalized spacial score (nSPS) is 13.0. The average molecular weight is 339 g/mol. The van der Waals surface area contributed by atoms with Crippen LogP contribution in [0.5, 0.6) is 0 Å². The number of rotatable bonds is 7. The standard InChI is InChI=1S/C15H22N6O.ClH/c1-11(16)8-9-17-15(22)14(21-12(2)18-19-20-21)10-13-6-4-3-5-7-13;/h3-7,11,14H,8-10,16H2,1-2H3,(H,17,22);1H. The molecule has 2 aromatic rings. The highest BCUT2D eigenvalue weighted by Crippen LogP contribution is 2.14. The second-order valence-electron chi connectivity index (χ2n) is 5.43. The number of aromatic nitrogens is 4. The summed E-state index contributed by atoms with van der Waals surface area (Å²) >= 11 is 0. The van der Waals surface area contributed by atoms with Crippen molar-refractivity contribution in [2.45, 2.75) is 38.8 Å². The monoisotopic (exact) mass is 338 g/mol. The Morgan fingerprint density at radius 3 is 2.61 bits per heavy atom. The van der Waals surface area contributed by atoms with E-state index in [9.17, 15) is 4.79 Å². The van der Waals surface area contributed by atoms with Gasteiger partial charge in [0.25, 0.3) is 0 Å². The Morgan fingerprint density at radius 1 is 1.35 bits per heavy atom. The molecule has 1 aromatic heterocycles. The smallest absolute Gasteiger partial charge is 0.245 e. The largest absolute Gasteiger partial charge is 0.354 e. The number of amides is 1. The predicted octanol–water partition coefficient (Wildman–Crippen LogP) is 1.04. The summed E-state index contributed by atoms with van der Waals surface area (Å²) in [6, 6.07) is 9.42. The third-order valence-corrected chi connectivity index (χ3v) is 3.43. The first kappa shape index (κ1) is 19.1. The van der Waals surface area contributed by atoms with Crippen molar-refractivity contribution in [3.05, 3.63) is 41.7 Å². The maximum absolute atomic E-state index is 12.5. The second kappa shape index (κ2) is 9.22. The first-order valence-corrected chi connectivity index (χ1v) is 7.39. The van der Waals surface area contributed by atoms with E-state index in [1.54, 1.807) is 11.6 Å². The summed E-state index contributed by atoms with van der Waals surface area (Å²) in [4.78, 5) is 12.5. The van der Waals surface area contributed by atoms with Crippen molar-refractivity contribution in [1.29, 1.82) is 0 Å². The van der Waals surface area contributed by atoms with Crippen LogP contribution in [0.15, 0.2) is 30.3 Å². The molecule has 1 heterocycles. The number of benzene rings is 1. The summed E-state index contributed by atoms with van der Waals surface area (Å²) in [5.41, 5.74) is 6.77. The topological polar surface area (TPSA) is 98.7 Å².